The second kappa shape index (κ2) is 4.36. The number of nitrogens with two attached hydrogens (primary N) is 1. The van der Waals surface area contributed by atoms with Crippen LogP contribution in [0.25, 0.3) is 10.9 Å². The first-order valence-electron chi connectivity index (χ1n) is 6.95. The Labute approximate surface area is 114 Å². The van der Waals surface area contributed by atoms with Gasteiger partial charge in [0.1, 0.15) is 0 Å². The van der Waals surface area contributed by atoms with Gasteiger partial charge in [-0.2, -0.15) is 0 Å². The number of aromatic nitrogens is 1. The summed E-state index contributed by atoms with van der Waals surface area (Å²) in [6.45, 7) is 6.93. The molecule has 0 bridgehead atoms. The van der Waals surface area contributed by atoms with Crippen LogP contribution in [0.15, 0.2) is 30.5 Å². The maximum Gasteiger partial charge on any atom is 0.0591 e. The van der Waals surface area contributed by atoms with E-state index in [4.69, 9.17) is 10.5 Å². The van der Waals surface area contributed by atoms with E-state index in [-0.39, 0.29) is 10.8 Å². The Hall–Kier alpha value is -1.32. The van der Waals surface area contributed by atoms with E-state index in [2.05, 4.69) is 49.3 Å². The average molecular weight is 258 g/mol. The molecule has 3 N–H and O–H groups in total. The fourth-order valence-corrected chi connectivity index (χ4v) is 3.28. The van der Waals surface area contributed by atoms with Crippen LogP contribution in [0.4, 0.5) is 0 Å². The van der Waals surface area contributed by atoms with Gasteiger partial charge < -0.3 is 15.5 Å². The fraction of sp³-hybridized carbons (Fsp3) is 0.500. The molecule has 0 amide bonds. The van der Waals surface area contributed by atoms with Gasteiger partial charge in [0.05, 0.1) is 13.2 Å². The molecule has 0 atom stereocenters. The highest BCUT2D eigenvalue weighted by Crippen LogP contribution is 2.50. The van der Waals surface area contributed by atoms with E-state index in [0.717, 1.165) is 26.2 Å². The lowest BCUT2D eigenvalue weighted by atomic mass is 9.59. The van der Waals surface area contributed by atoms with Crippen LogP contribution in [0.3, 0.4) is 0 Å². The van der Waals surface area contributed by atoms with Gasteiger partial charge in [-0.1, -0.05) is 32.0 Å². The largest absolute Gasteiger partial charge is 0.379 e. The number of rotatable bonds is 4. The van der Waals surface area contributed by atoms with E-state index in [1.54, 1.807) is 0 Å². The van der Waals surface area contributed by atoms with Crippen molar-refractivity contribution >= 4 is 10.9 Å². The number of hydrogen-bond acceptors (Lipinski definition) is 2. The van der Waals surface area contributed by atoms with E-state index in [1.165, 1.54) is 16.5 Å². The molecule has 1 saturated heterocycles. The van der Waals surface area contributed by atoms with Gasteiger partial charge in [-0.15, -0.1) is 0 Å². The monoisotopic (exact) mass is 258 g/mol. The summed E-state index contributed by atoms with van der Waals surface area (Å²) >= 11 is 0. The van der Waals surface area contributed by atoms with Crippen molar-refractivity contribution in [3.05, 3.63) is 36.0 Å². The molecule has 2 heterocycles. The highest BCUT2D eigenvalue weighted by molar-refractivity contribution is 5.84. The van der Waals surface area contributed by atoms with Crippen LogP contribution in [0.1, 0.15) is 25.8 Å². The predicted octanol–water partition coefficient (Wildman–Crippen LogP) is 2.81. The first kappa shape index (κ1) is 12.7. The van der Waals surface area contributed by atoms with Crippen molar-refractivity contribution in [2.24, 2.45) is 11.1 Å². The van der Waals surface area contributed by atoms with Crippen molar-refractivity contribution in [1.29, 1.82) is 0 Å². The summed E-state index contributed by atoms with van der Waals surface area (Å²) in [6.07, 6.45) is 3.17. The highest BCUT2D eigenvalue weighted by atomic mass is 16.5. The number of fused-ring (bicyclic) bond motifs is 1. The zero-order valence-electron chi connectivity index (χ0n) is 11.7. The van der Waals surface area contributed by atoms with Crippen molar-refractivity contribution < 1.29 is 4.74 Å². The molecule has 2 aromatic rings. The van der Waals surface area contributed by atoms with Crippen LogP contribution >= 0.6 is 0 Å². The Balaban J connectivity index is 2.12. The summed E-state index contributed by atoms with van der Waals surface area (Å²) < 4.78 is 5.59. The van der Waals surface area contributed by atoms with Gasteiger partial charge in [0, 0.05) is 22.5 Å². The van der Waals surface area contributed by atoms with Crippen molar-refractivity contribution in [3.8, 4) is 0 Å². The van der Waals surface area contributed by atoms with Crippen molar-refractivity contribution in [2.45, 2.75) is 25.7 Å². The lowest BCUT2D eigenvalue weighted by Crippen LogP contribution is -2.57. The summed E-state index contributed by atoms with van der Waals surface area (Å²) in [5, 5.41) is 1.32. The summed E-state index contributed by atoms with van der Waals surface area (Å²) in [5.41, 5.74) is 8.62. The van der Waals surface area contributed by atoms with Gasteiger partial charge in [-0.05, 0) is 30.0 Å². The average Bonchev–Trinajstić information content (AvgIpc) is 2.72. The first-order valence-corrected chi connectivity index (χ1v) is 6.95. The Morgan fingerprint density at radius 3 is 2.68 bits per heavy atom. The number of nitrogens with one attached hydrogen (secondary N) is 1. The van der Waals surface area contributed by atoms with Gasteiger partial charge >= 0.3 is 0 Å². The Morgan fingerprint density at radius 1 is 1.32 bits per heavy atom. The molecule has 3 rings (SSSR count). The fourth-order valence-electron chi connectivity index (χ4n) is 3.28. The molecule has 1 aromatic heterocycles. The second-order valence-electron chi connectivity index (χ2n) is 6.25. The van der Waals surface area contributed by atoms with Crippen LogP contribution in [0.5, 0.6) is 0 Å². The molecule has 1 fully saturated rings. The van der Waals surface area contributed by atoms with Gasteiger partial charge in [0.25, 0.3) is 0 Å². The number of benzene rings is 1. The minimum Gasteiger partial charge on any atom is -0.379 e. The molecular formula is C16H22N2O. The summed E-state index contributed by atoms with van der Waals surface area (Å²) in [4.78, 5) is 3.39. The highest BCUT2D eigenvalue weighted by Gasteiger charge is 2.52. The molecule has 1 aliphatic rings. The molecule has 1 aromatic carbocycles. The molecule has 3 heteroatoms. The van der Waals surface area contributed by atoms with Gasteiger partial charge in [-0.3, -0.25) is 0 Å². The van der Waals surface area contributed by atoms with Crippen molar-refractivity contribution in [2.75, 3.05) is 19.8 Å². The van der Waals surface area contributed by atoms with Crippen molar-refractivity contribution in [3.63, 3.8) is 0 Å². The minimum absolute atomic E-state index is 0.0893. The summed E-state index contributed by atoms with van der Waals surface area (Å²) in [5.74, 6) is 0. The van der Waals surface area contributed by atoms with E-state index in [1.807, 2.05) is 0 Å². The van der Waals surface area contributed by atoms with Crippen molar-refractivity contribution in [1.82, 2.24) is 4.98 Å². The number of para-hydroxylation sites is 1. The lowest BCUT2D eigenvalue weighted by Gasteiger charge is -2.52. The Morgan fingerprint density at radius 2 is 2.05 bits per heavy atom. The Kier molecular flexibility index (Phi) is 2.91. The summed E-state index contributed by atoms with van der Waals surface area (Å²) in [7, 11) is 0. The number of H-pyrrole nitrogens is 1. The minimum atomic E-state index is 0.0893. The standard InChI is InChI=1S/C16H22N2O/c1-15(2,7-8-17)16(10-19-11-16)13-9-18-14-6-4-3-5-12(13)14/h3-6,9,18H,7-8,10-11,17H2,1-2H3. The zero-order valence-corrected chi connectivity index (χ0v) is 11.7. The Bertz CT molecular complexity index is 581. The molecule has 0 unspecified atom stereocenters. The SMILES string of the molecule is CC(C)(CCN)C1(c2c[nH]c3ccccc23)COC1. The maximum absolute atomic E-state index is 5.81. The molecule has 0 aliphatic carbocycles. The van der Waals surface area contributed by atoms with E-state index >= 15 is 0 Å². The first-order chi connectivity index (χ1) is 9.11. The van der Waals surface area contributed by atoms with Gasteiger partial charge in [0.2, 0.25) is 0 Å². The van der Waals surface area contributed by atoms with Crippen LogP contribution < -0.4 is 5.73 Å². The number of hydrogen-bond donors (Lipinski definition) is 2. The van der Waals surface area contributed by atoms with Crippen LogP contribution in [-0.4, -0.2) is 24.7 Å². The molecule has 3 nitrogen and oxygen atoms in total. The van der Waals surface area contributed by atoms with Gasteiger partial charge in [-0.25, -0.2) is 0 Å². The lowest BCUT2D eigenvalue weighted by molar-refractivity contribution is -0.120. The molecule has 1 aliphatic heterocycles. The normalized spacial score (nSPS) is 18.5. The number of aromatic amines is 1. The smallest absolute Gasteiger partial charge is 0.0591 e. The quantitative estimate of drug-likeness (QED) is 0.886. The molecule has 0 saturated carbocycles. The molecular weight excluding hydrogens is 236 g/mol. The van der Waals surface area contributed by atoms with E-state index in [0.29, 0.717) is 0 Å². The molecule has 0 spiro atoms. The third-order valence-electron chi connectivity index (χ3n) is 4.87. The van der Waals surface area contributed by atoms with Gasteiger partial charge in [0.15, 0.2) is 0 Å². The third kappa shape index (κ3) is 1.72. The maximum atomic E-state index is 5.81. The van der Waals surface area contributed by atoms with E-state index in [9.17, 15) is 0 Å². The molecule has 0 radical (unpaired) electrons. The third-order valence-corrected chi connectivity index (χ3v) is 4.87. The topological polar surface area (TPSA) is 51.0 Å². The molecule has 102 valence electrons. The van der Waals surface area contributed by atoms with Crippen LogP contribution in [-0.2, 0) is 10.2 Å². The predicted molar refractivity (Wildman–Crippen MR) is 78.2 cm³/mol. The number of ether oxygens (including phenoxy) is 1. The van der Waals surface area contributed by atoms with E-state index < -0.39 is 0 Å². The van der Waals surface area contributed by atoms with Crippen LogP contribution in [0, 0.1) is 5.41 Å². The van der Waals surface area contributed by atoms with Crippen LogP contribution in [0.2, 0.25) is 0 Å². The molecule has 19 heavy (non-hydrogen) atoms. The summed E-state index contributed by atoms with van der Waals surface area (Å²) in [6, 6.07) is 8.49. The zero-order chi connectivity index (χ0) is 13.5. The second-order valence-corrected chi connectivity index (χ2v) is 6.25.